The van der Waals surface area contributed by atoms with Crippen LogP contribution in [0.3, 0.4) is 0 Å². The first-order valence-corrected chi connectivity index (χ1v) is 6.25. The van der Waals surface area contributed by atoms with E-state index in [1.54, 1.807) is 6.92 Å². The highest BCUT2D eigenvalue weighted by molar-refractivity contribution is 5.77. The Labute approximate surface area is 103 Å². The second-order valence-corrected chi connectivity index (χ2v) is 5.15. The lowest BCUT2D eigenvalue weighted by Gasteiger charge is -2.35. The monoisotopic (exact) mass is 242 g/mol. The second-order valence-electron chi connectivity index (χ2n) is 5.15. The number of rotatable bonds is 4. The van der Waals surface area contributed by atoms with Crippen LogP contribution >= 0.6 is 0 Å². The first-order chi connectivity index (χ1) is 7.83. The number of carbonyl (C=O) groups is 2. The molecule has 98 valence electrons. The highest BCUT2D eigenvalue weighted by Crippen LogP contribution is 2.38. The number of hydrogen-bond acceptors (Lipinski definition) is 4. The Bertz CT molecular complexity index is 311. The zero-order chi connectivity index (χ0) is 13.2. The minimum atomic E-state index is -0.794. The molecule has 0 aliphatic carbocycles. The molecule has 1 fully saturated rings. The number of cyclic esters (lactones) is 1. The Morgan fingerprint density at radius 3 is 2.47 bits per heavy atom. The van der Waals surface area contributed by atoms with E-state index < -0.39 is 5.60 Å². The number of carbonyl (C=O) groups excluding carboxylic acids is 2. The molecular weight excluding hydrogens is 220 g/mol. The fourth-order valence-electron chi connectivity index (χ4n) is 2.07. The van der Waals surface area contributed by atoms with Gasteiger partial charge in [-0.15, -0.1) is 0 Å². The van der Waals surface area contributed by atoms with E-state index in [2.05, 4.69) is 0 Å². The van der Waals surface area contributed by atoms with Crippen LogP contribution in [0.2, 0.25) is 0 Å². The first kappa shape index (κ1) is 14.0. The zero-order valence-corrected chi connectivity index (χ0v) is 11.3. The largest absolute Gasteiger partial charge is 0.458 e. The third-order valence-electron chi connectivity index (χ3n) is 3.70. The number of esters is 2. The van der Waals surface area contributed by atoms with E-state index in [1.807, 2.05) is 27.7 Å². The molecule has 1 rings (SSSR count). The molecule has 0 N–H and O–H groups in total. The lowest BCUT2D eigenvalue weighted by atomic mass is 9.84. The Kier molecular flexibility index (Phi) is 4.17. The van der Waals surface area contributed by atoms with E-state index in [1.165, 1.54) is 0 Å². The molecule has 0 aromatic carbocycles. The molecule has 0 aromatic heterocycles. The van der Waals surface area contributed by atoms with Crippen LogP contribution in [0.15, 0.2) is 0 Å². The van der Waals surface area contributed by atoms with Gasteiger partial charge < -0.3 is 9.47 Å². The summed E-state index contributed by atoms with van der Waals surface area (Å²) in [7, 11) is 0. The van der Waals surface area contributed by atoms with E-state index in [0.717, 1.165) is 6.42 Å². The molecule has 4 nitrogen and oxygen atoms in total. The molecule has 17 heavy (non-hydrogen) atoms. The van der Waals surface area contributed by atoms with Crippen LogP contribution in [-0.2, 0) is 19.1 Å². The van der Waals surface area contributed by atoms with Crippen LogP contribution in [0.25, 0.3) is 0 Å². The van der Waals surface area contributed by atoms with Crippen molar-refractivity contribution in [2.24, 2.45) is 11.8 Å². The minimum absolute atomic E-state index is 0.0527. The van der Waals surface area contributed by atoms with Crippen molar-refractivity contribution in [2.45, 2.75) is 59.2 Å². The van der Waals surface area contributed by atoms with Gasteiger partial charge in [-0.3, -0.25) is 9.59 Å². The predicted molar refractivity (Wildman–Crippen MR) is 63.3 cm³/mol. The summed E-state index contributed by atoms with van der Waals surface area (Å²) in [6, 6.07) is 0. The summed E-state index contributed by atoms with van der Waals surface area (Å²) in [5, 5.41) is 0. The van der Waals surface area contributed by atoms with Gasteiger partial charge in [-0.2, -0.15) is 0 Å². The van der Waals surface area contributed by atoms with Gasteiger partial charge in [0.05, 0.1) is 12.3 Å². The van der Waals surface area contributed by atoms with Crippen molar-refractivity contribution >= 4 is 11.9 Å². The molecular formula is C13H22O4. The zero-order valence-electron chi connectivity index (χ0n) is 11.3. The average Bonchev–Trinajstić information content (AvgIpc) is 2.53. The van der Waals surface area contributed by atoms with E-state index in [4.69, 9.17) is 9.47 Å². The van der Waals surface area contributed by atoms with Crippen molar-refractivity contribution < 1.29 is 19.1 Å². The maximum atomic E-state index is 11.9. The van der Waals surface area contributed by atoms with E-state index in [0.29, 0.717) is 0 Å². The quantitative estimate of drug-likeness (QED) is 0.710. The highest BCUT2D eigenvalue weighted by Gasteiger charge is 2.52. The summed E-state index contributed by atoms with van der Waals surface area (Å²) < 4.78 is 10.7. The third kappa shape index (κ3) is 2.61. The molecule has 1 aliphatic heterocycles. The molecule has 0 bridgehead atoms. The van der Waals surface area contributed by atoms with Crippen molar-refractivity contribution in [3.05, 3.63) is 0 Å². The van der Waals surface area contributed by atoms with Gasteiger partial charge in [0.2, 0.25) is 0 Å². The van der Waals surface area contributed by atoms with Gasteiger partial charge in [0.15, 0.2) is 5.60 Å². The van der Waals surface area contributed by atoms with Gasteiger partial charge in [-0.25, -0.2) is 0 Å². The predicted octanol–water partition coefficient (Wildman–Crippen LogP) is 2.31. The standard InChI is InChI=1S/C13H22O4/c1-6-9(4)12(15)17-13(8(2)3)7-11(14)16-10(13)5/h8-10H,6-7H2,1-5H3. The number of ether oxygens (including phenoxy) is 2. The summed E-state index contributed by atoms with van der Waals surface area (Å²) in [5.41, 5.74) is -0.794. The van der Waals surface area contributed by atoms with Gasteiger partial charge in [-0.05, 0) is 19.3 Å². The Balaban J connectivity index is 2.87. The fraction of sp³-hybridized carbons (Fsp3) is 0.846. The maximum Gasteiger partial charge on any atom is 0.310 e. The molecule has 0 aromatic rings. The maximum absolute atomic E-state index is 11.9. The van der Waals surface area contributed by atoms with Crippen LogP contribution in [0.1, 0.15) is 47.5 Å². The molecule has 0 radical (unpaired) electrons. The van der Waals surface area contributed by atoms with E-state index >= 15 is 0 Å². The molecule has 3 atom stereocenters. The van der Waals surface area contributed by atoms with Crippen molar-refractivity contribution in [3.8, 4) is 0 Å². The Morgan fingerprint density at radius 2 is 2.12 bits per heavy atom. The van der Waals surface area contributed by atoms with Crippen molar-refractivity contribution in [1.29, 1.82) is 0 Å². The molecule has 4 heteroatoms. The molecule has 1 aliphatic rings. The Morgan fingerprint density at radius 1 is 1.53 bits per heavy atom. The smallest absolute Gasteiger partial charge is 0.310 e. The third-order valence-corrected chi connectivity index (χ3v) is 3.70. The summed E-state index contributed by atoms with van der Waals surface area (Å²) in [6.07, 6.45) is 0.521. The van der Waals surface area contributed by atoms with E-state index in [9.17, 15) is 9.59 Å². The van der Waals surface area contributed by atoms with Crippen molar-refractivity contribution in [1.82, 2.24) is 0 Å². The summed E-state index contributed by atoms with van der Waals surface area (Å²) in [5.74, 6) is -0.625. The van der Waals surface area contributed by atoms with Crippen molar-refractivity contribution in [2.75, 3.05) is 0 Å². The fourth-order valence-corrected chi connectivity index (χ4v) is 2.07. The first-order valence-electron chi connectivity index (χ1n) is 6.25. The van der Waals surface area contributed by atoms with Crippen LogP contribution in [0, 0.1) is 11.8 Å². The lowest BCUT2D eigenvalue weighted by Crippen LogP contribution is -2.47. The second kappa shape index (κ2) is 5.07. The Hall–Kier alpha value is -1.06. The topological polar surface area (TPSA) is 52.6 Å². The molecule has 0 amide bonds. The van der Waals surface area contributed by atoms with Gasteiger partial charge in [-0.1, -0.05) is 27.7 Å². The molecule has 0 saturated carbocycles. The van der Waals surface area contributed by atoms with Crippen LogP contribution in [0.5, 0.6) is 0 Å². The van der Waals surface area contributed by atoms with Gasteiger partial charge in [0.25, 0.3) is 0 Å². The SMILES string of the molecule is CCC(C)C(=O)OC1(C(C)C)CC(=O)OC1C. The normalized spacial score (nSPS) is 30.2. The van der Waals surface area contributed by atoms with Gasteiger partial charge >= 0.3 is 11.9 Å². The lowest BCUT2D eigenvalue weighted by molar-refractivity contribution is -0.176. The molecule has 3 unspecified atom stereocenters. The van der Waals surface area contributed by atoms with Crippen LogP contribution < -0.4 is 0 Å². The van der Waals surface area contributed by atoms with Crippen LogP contribution in [-0.4, -0.2) is 23.6 Å². The van der Waals surface area contributed by atoms with Gasteiger partial charge in [0.1, 0.15) is 6.10 Å². The summed E-state index contributed by atoms with van der Waals surface area (Å²) in [6.45, 7) is 9.45. The van der Waals surface area contributed by atoms with Crippen molar-refractivity contribution in [3.63, 3.8) is 0 Å². The molecule has 1 heterocycles. The highest BCUT2D eigenvalue weighted by atomic mass is 16.6. The summed E-state index contributed by atoms with van der Waals surface area (Å²) >= 11 is 0. The minimum Gasteiger partial charge on any atom is -0.458 e. The molecule has 1 saturated heterocycles. The van der Waals surface area contributed by atoms with Gasteiger partial charge in [0, 0.05) is 0 Å². The average molecular weight is 242 g/mol. The van der Waals surface area contributed by atoms with Crippen LogP contribution in [0.4, 0.5) is 0 Å². The van der Waals surface area contributed by atoms with E-state index in [-0.39, 0.29) is 36.3 Å². The molecule has 0 spiro atoms. The number of hydrogen-bond donors (Lipinski definition) is 0. The summed E-state index contributed by atoms with van der Waals surface area (Å²) in [4.78, 5) is 23.3.